The second-order valence-corrected chi connectivity index (χ2v) is 9.13. The maximum absolute atomic E-state index is 14.6. The second-order valence-electron chi connectivity index (χ2n) is 9.13. The normalized spacial score (nSPS) is 28.5. The van der Waals surface area contributed by atoms with Gasteiger partial charge in [0.1, 0.15) is 30.3 Å². The molecule has 3 aliphatic rings. The Morgan fingerprint density at radius 3 is 2.84 bits per heavy atom. The van der Waals surface area contributed by atoms with Crippen LogP contribution >= 0.6 is 0 Å². The minimum absolute atomic E-state index is 0.0646. The van der Waals surface area contributed by atoms with Gasteiger partial charge >= 0.3 is 0 Å². The van der Waals surface area contributed by atoms with Crippen LogP contribution in [0.25, 0.3) is 10.9 Å². The molecule has 5 heteroatoms. The van der Waals surface area contributed by atoms with Gasteiger partial charge in [0.05, 0.1) is 18.6 Å². The largest absolute Gasteiger partial charge is 0.382 e. The van der Waals surface area contributed by atoms with Crippen LogP contribution in [0.2, 0.25) is 0 Å². The van der Waals surface area contributed by atoms with Crippen molar-refractivity contribution in [1.29, 1.82) is 0 Å². The van der Waals surface area contributed by atoms with E-state index in [4.69, 9.17) is 0 Å². The lowest BCUT2D eigenvalue weighted by atomic mass is 9.71. The average molecular weight is 422 g/mol. The summed E-state index contributed by atoms with van der Waals surface area (Å²) in [5.41, 5.74) is 2.23. The van der Waals surface area contributed by atoms with Gasteiger partial charge in [0.15, 0.2) is 0 Å². The highest BCUT2D eigenvalue weighted by atomic mass is 19.1. The summed E-state index contributed by atoms with van der Waals surface area (Å²) in [4.78, 5) is 4.43. The predicted molar refractivity (Wildman–Crippen MR) is 117 cm³/mol. The molecule has 3 saturated heterocycles. The summed E-state index contributed by atoms with van der Waals surface area (Å²) in [5, 5.41) is 12.6. The molecule has 0 saturated carbocycles. The molecule has 0 spiro atoms. The van der Waals surface area contributed by atoms with Gasteiger partial charge in [0.2, 0.25) is 0 Å². The van der Waals surface area contributed by atoms with Crippen LogP contribution < -0.4 is 0 Å². The van der Waals surface area contributed by atoms with Crippen molar-refractivity contribution in [3.05, 3.63) is 90.1 Å². The lowest BCUT2D eigenvalue weighted by Crippen LogP contribution is -2.67. The van der Waals surface area contributed by atoms with E-state index in [0.29, 0.717) is 28.4 Å². The topological polar surface area (TPSA) is 33.1 Å². The zero-order valence-corrected chi connectivity index (χ0v) is 17.4. The number of fused-ring (bicyclic) bond motifs is 4. The Hall–Kier alpha value is -2.63. The molecule has 0 unspecified atom stereocenters. The second kappa shape index (κ2) is 7.81. The Balaban J connectivity index is 1.56. The summed E-state index contributed by atoms with van der Waals surface area (Å²) < 4.78 is 28.7. The zero-order chi connectivity index (χ0) is 21.6. The third kappa shape index (κ3) is 3.46. The van der Waals surface area contributed by atoms with Crippen molar-refractivity contribution >= 4 is 10.9 Å². The van der Waals surface area contributed by atoms with E-state index in [1.807, 2.05) is 36.4 Å². The quantitative estimate of drug-likeness (QED) is 0.456. The molecule has 0 aliphatic carbocycles. The minimum atomic E-state index is -0.690. The van der Waals surface area contributed by atoms with Crippen LogP contribution in [-0.4, -0.2) is 33.7 Å². The van der Waals surface area contributed by atoms with Crippen LogP contribution in [-0.2, 0) is 6.54 Å². The summed E-state index contributed by atoms with van der Waals surface area (Å²) in [6, 6.07) is 13.5. The summed E-state index contributed by atoms with van der Waals surface area (Å²) in [5.74, 6) is -0.265. The number of hydrogen-bond acceptors (Lipinski definition) is 2. The van der Waals surface area contributed by atoms with Gasteiger partial charge in [-0.25, -0.2) is 8.78 Å². The molecule has 0 radical (unpaired) electrons. The van der Waals surface area contributed by atoms with Crippen LogP contribution in [0.3, 0.4) is 0 Å². The molecule has 3 aromatic rings. The number of rotatable bonds is 5. The number of piperidine rings is 3. The standard InChI is InChI=1S/C26H27F2N2O/c1-2-17-15-30(16-19-7-8-20(27)14-23(19)28)12-10-18(17)13-25(30)26(31)22-9-11-29-24-6-4-3-5-21(22)24/h2-9,11,14,17-18,25-26,31H,1,10,12-13,15-16H2/q+1/t17-,18-,25-,26+,30-/m0/s1. The van der Waals surface area contributed by atoms with E-state index in [0.717, 1.165) is 48.5 Å². The zero-order valence-electron chi connectivity index (χ0n) is 17.4. The molecule has 2 aromatic carbocycles. The van der Waals surface area contributed by atoms with E-state index in [1.165, 1.54) is 6.07 Å². The minimum Gasteiger partial charge on any atom is -0.382 e. The highest BCUT2D eigenvalue weighted by molar-refractivity contribution is 5.82. The van der Waals surface area contributed by atoms with E-state index in [1.54, 1.807) is 12.3 Å². The average Bonchev–Trinajstić information content (AvgIpc) is 2.80. The summed E-state index contributed by atoms with van der Waals surface area (Å²) in [6.07, 6.45) is 4.96. The smallest absolute Gasteiger partial charge is 0.134 e. The van der Waals surface area contributed by atoms with Crippen molar-refractivity contribution in [1.82, 2.24) is 4.98 Å². The molecule has 3 aliphatic heterocycles. The van der Waals surface area contributed by atoms with Gasteiger partial charge in [-0.3, -0.25) is 4.98 Å². The molecule has 6 rings (SSSR count). The summed E-state index contributed by atoms with van der Waals surface area (Å²) in [7, 11) is 0. The Kier molecular flexibility index (Phi) is 5.11. The first-order valence-corrected chi connectivity index (χ1v) is 10.9. The van der Waals surface area contributed by atoms with Crippen LogP contribution in [0.1, 0.15) is 30.1 Å². The first kappa shape index (κ1) is 20.3. The predicted octanol–water partition coefficient (Wildman–Crippen LogP) is 5.16. The maximum atomic E-state index is 14.6. The summed E-state index contributed by atoms with van der Waals surface area (Å²) >= 11 is 0. The van der Waals surface area contributed by atoms with Crippen LogP contribution in [0, 0.1) is 23.5 Å². The fourth-order valence-corrected chi connectivity index (χ4v) is 5.95. The highest BCUT2D eigenvalue weighted by Gasteiger charge is 2.54. The van der Waals surface area contributed by atoms with Crippen molar-refractivity contribution in [3.63, 3.8) is 0 Å². The van der Waals surface area contributed by atoms with E-state index in [2.05, 4.69) is 11.6 Å². The first-order valence-electron chi connectivity index (χ1n) is 10.9. The van der Waals surface area contributed by atoms with Gasteiger partial charge in [-0.1, -0.05) is 24.3 Å². The molecule has 31 heavy (non-hydrogen) atoms. The third-order valence-corrected chi connectivity index (χ3v) is 7.54. The van der Waals surface area contributed by atoms with Gasteiger partial charge in [-0.15, -0.1) is 6.58 Å². The number of aromatic nitrogens is 1. The van der Waals surface area contributed by atoms with Gasteiger partial charge in [0.25, 0.3) is 0 Å². The molecule has 3 fully saturated rings. The van der Waals surface area contributed by atoms with Crippen LogP contribution in [0.15, 0.2) is 67.4 Å². The van der Waals surface area contributed by atoms with E-state index in [-0.39, 0.29) is 6.04 Å². The van der Waals surface area contributed by atoms with Crippen molar-refractivity contribution < 1.29 is 18.4 Å². The lowest BCUT2D eigenvalue weighted by molar-refractivity contribution is -0.985. The monoisotopic (exact) mass is 421 g/mol. The molecular formula is C26H27F2N2O+. The number of para-hydroxylation sites is 1. The third-order valence-electron chi connectivity index (χ3n) is 7.54. The number of pyridine rings is 1. The van der Waals surface area contributed by atoms with E-state index < -0.39 is 17.7 Å². The maximum Gasteiger partial charge on any atom is 0.134 e. The fraction of sp³-hybridized carbons (Fsp3) is 0.346. The number of halogens is 2. The van der Waals surface area contributed by atoms with Gasteiger partial charge < -0.3 is 9.59 Å². The molecule has 1 N–H and O–H groups in total. The first-order chi connectivity index (χ1) is 15.0. The molecule has 3 nitrogen and oxygen atoms in total. The van der Waals surface area contributed by atoms with Crippen molar-refractivity contribution in [3.8, 4) is 0 Å². The SMILES string of the molecule is C=C[C@H]1C[N@+]2(Cc3ccc(F)cc3F)CC[C@H]1C[C@H]2[C@H](O)c1ccnc2ccccc12. The Morgan fingerprint density at radius 2 is 2.03 bits per heavy atom. The van der Waals surface area contributed by atoms with E-state index in [9.17, 15) is 13.9 Å². The van der Waals surface area contributed by atoms with Crippen molar-refractivity contribution in [2.75, 3.05) is 13.1 Å². The van der Waals surface area contributed by atoms with Gasteiger partial charge in [-0.2, -0.15) is 0 Å². The molecular weight excluding hydrogens is 394 g/mol. The highest BCUT2D eigenvalue weighted by Crippen LogP contribution is 2.48. The molecule has 1 aromatic heterocycles. The van der Waals surface area contributed by atoms with Gasteiger partial charge in [-0.05, 0) is 35.7 Å². The fourth-order valence-electron chi connectivity index (χ4n) is 5.95. The number of hydrogen-bond donors (Lipinski definition) is 1. The molecule has 4 heterocycles. The lowest BCUT2D eigenvalue weighted by Gasteiger charge is -2.58. The van der Waals surface area contributed by atoms with Crippen molar-refractivity contribution in [2.45, 2.75) is 31.5 Å². The molecule has 5 atom stereocenters. The van der Waals surface area contributed by atoms with Crippen LogP contribution in [0.4, 0.5) is 8.78 Å². The Labute approximate surface area is 181 Å². The number of nitrogens with zero attached hydrogens (tertiary/aromatic N) is 2. The van der Waals surface area contributed by atoms with Gasteiger partial charge in [0, 0.05) is 42.0 Å². The Bertz CT molecular complexity index is 1130. The van der Waals surface area contributed by atoms with Crippen LogP contribution in [0.5, 0.6) is 0 Å². The molecule has 0 amide bonds. The van der Waals surface area contributed by atoms with E-state index >= 15 is 0 Å². The van der Waals surface area contributed by atoms with Crippen molar-refractivity contribution in [2.24, 2.45) is 11.8 Å². The molecule has 160 valence electrons. The molecule has 2 bridgehead atoms. The number of aliphatic hydroxyl groups excluding tert-OH is 1. The number of benzene rings is 2. The number of aliphatic hydroxyl groups is 1. The Morgan fingerprint density at radius 1 is 1.19 bits per heavy atom. The summed E-state index contributed by atoms with van der Waals surface area (Å²) in [6.45, 7) is 6.16. The number of quaternary nitrogens is 1.